The van der Waals surface area contributed by atoms with E-state index in [1.807, 2.05) is 30.3 Å². The molecule has 48 heavy (non-hydrogen) atoms. The minimum absolute atomic E-state index is 0.226. The zero-order chi connectivity index (χ0) is 34.1. The lowest BCUT2D eigenvalue weighted by Crippen LogP contribution is -2.51. The summed E-state index contributed by atoms with van der Waals surface area (Å²) in [6, 6.07) is 33.8. The average molecular weight is 687 g/mol. The van der Waals surface area contributed by atoms with E-state index in [1.54, 1.807) is 78.1 Å². The molecule has 0 saturated heterocycles. The molecule has 15 heteroatoms. The van der Waals surface area contributed by atoms with Crippen LogP contribution in [0.2, 0.25) is 0 Å². The molecule has 0 spiro atoms. The average Bonchev–Trinajstić information content (AvgIpc) is 3.08. The highest BCUT2D eigenvalue weighted by Gasteiger charge is 2.65. The van der Waals surface area contributed by atoms with Crippen molar-refractivity contribution in [2.24, 2.45) is 0 Å². The number of rotatable bonds is 13. The molecule has 0 fully saturated rings. The number of carbonyl (C=O) groups is 1. The van der Waals surface area contributed by atoms with Gasteiger partial charge in [0.2, 0.25) is 0 Å². The summed E-state index contributed by atoms with van der Waals surface area (Å²) < 4.78 is 102. The number of para-hydroxylation sites is 1. The van der Waals surface area contributed by atoms with Gasteiger partial charge < -0.3 is 23.7 Å². The van der Waals surface area contributed by atoms with Gasteiger partial charge in [0.15, 0.2) is 0 Å². The van der Waals surface area contributed by atoms with Crippen molar-refractivity contribution in [3.8, 4) is 40.2 Å². The van der Waals surface area contributed by atoms with Gasteiger partial charge in [0.1, 0.15) is 40.2 Å². The largest absolute Gasteiger partial charge is 0.461 e. The van der Waals surface area contributed by atoms with E-state index in [-0.39, 0.29) is 11.4 Å². The van der Waals surface area contributed by atoms with Crippen LogP contribution in [0.15, 0.2) is 127 Å². The van der Waals surface area contributed by atoms with Gasteiger partial charge in [-0.3, -0.25) is 9.52 Å². The smallest absolute Gasteiger partial charge is 0.457 e. The van der Waals surface area contributed by atoms with Crippen LogP contribution in [0.1, 0.15) is 0 Å². The van der Waals surface area contributed by atoms with Crippen molar-refractivity contribution in [2.75, 3.05) is 10.0 Å². The third-order valence-electron chi connectivity index (χ3n) is 6.20. The minimum Gasteiger partial charge on any atom is -0.457 e. The van der Waals surface area contributed by atoms with Crippen LogP contribution in [0.5, 0.6) is 40.2 Å². The Labute approximate surface area is 272 Å². The predicted octanol–water partition coefficient (Wildman–Crippen LogP) is 9.20. The molecule has 0 aliphatic rings. The fourth-order valence-corrected chi connectivity index (χ4v) is 4.51. The Hall–Kier alpha value is -5.67. The number of halogens is 5. The van der Waals surface area contributed by atoms with Gasteiger partial charge in [-0.25, -0.2) is 0 Å². The molecule has 1 amide bonds. The van der Waals surface area contributed by atoms with E-state index in [9.17, 15) is 31.1 Å². The number of nitrogens with one attached hydrogen (secondary N) is 2. The second kappa shape index (κ2) is 14.8. The van der Waals surface area contributed by atoms with Crippen molar-refractivity contribution >= 4 is 28.5 Å². The first-order chi connectivity index (χ1) is 23.0. The van der Waals surface area contributed by atoms with Crippen LogP contribution in [0.3, 0.4) is 0 Å². The van der Waals surface area contributed by atoms with Gasteiger partial charge in [0.05, 0.1) is 0 Å². The third-order valence-corrected chi connectivity index (χ3v) is 6.95. The summed E-state index contributed by atoms with van der Waals surface area (Å²) in [5.41, 5.74) is 0.249. The number of ether oxygens (including phenoxy) is 3. The van der Waals surface area contributed by atoms with Gasteiger partial charge in [-0.15, -0.1) is 4.94 Å². The Morgan fingerprint density at radius 1 is 0.542 bits per heavy atom. The highest BCUT2D eigenvalue weighted by atomic mass is 32.2. The summed E-state index contributed by atoms with van der Waals surface area (Å²) in [4.78, 5) is 13.9. The lowest BCUT2D eigenvalue weighted by molar-refractivity contribution is -0.379. The number of amides is 1. The maximum atomic E-state index is 13.6. The number of anilines is 2. The number of carbonyl (C=O) groups excluding carboxylic acids is 1. The maximum Gasteiger partial charge on any atom is 0.461 e. The van der Waals surface area contributed by atoms with Crippen molar-refractivity contribution in [3.63, 3.8) is 0 Å². The number of benzene rings is 5. The van der Waals surface area contributed by atoms with E-state index in [0.717, 1.165) is 12.1 Å². The lowest BCUT2D eigenvalue weighted by Gasteiger charge is -2.21. The number of hydrogen-bond acceptors (Lipinski definition) is 7. The summed E-state index contributed by atoms with van der Waals surface area (Å²) in [7, 11) is 0. The quantitative estimate of drug-likeness (QED) is 0.119. The van der Waals surface area contributed by atoms with Crippen LogP contribution in [0.4, 0.5) is 33.5 Å². The second-order valence-corrected chi connectivity index (χ2v) is 10.5. The molecule has 0 saturated carbocycles. The van der Waals surface area contributed by atoms with Crippen LogP contribution in [0, 0.1) is 0 Å². The number of hydrogen-bond donors (Lipinski definition) is 2. The normalized spacial score (nSPS) is 13.0. The van der Waals surface area contributed by atoms with E-state index in [2.05, 4.69) is 9.66 Å². The molecule has 0 aliphatic heterocycles. The van der Waals surface area contributed by atoms with Crippen molar-refractivity contribution in [2.45, 2.75) is 12.0 Å². The summed E-state index contributed by atoms with van der Waals surface area (Å²) in [5.74, 6) is -4.35. The van der Waals surface area contributed by atoms with Crippen molar-refractivity contribution in [1.82, 2.24) is 0 Å². The molecule has 0 heterocycles. The van der Waals surface area contributed by atoms with Crippen LogP contribution >= 0.6 is 0 Å². The SMILES string of the molecule is O=C(Nc1ccc(Oc2ccc(Oc3ccc(NS(=O)Oc4ccc(Oc5ccccc5)cc4)cc3)cc2)cc1)C(F)(OF)C(F)(F)F. The first-order valence-corrected chi connectivity index (χ1v) is 14.8. The number of alkyl halides is 4. The van der Waals surface area contributed by atoms with E-state index >= 15 is 0 Å². The zero-order valence-electron chi connectivity index (χ0n) is 24.3. The van der Waals surface area contributed by atoms with E-state index in [0.29, 0.717) is 40.2 Å². The summed E-state index contributed by atoms with van der Waals surface area (Å²) >= 11 is -1.88. The van der Waals surface area contributed by atoms with Gasteiger partial charge in [-0.05, 0) is 114 Å². The molecular weight excluding hydrogens is 663 g/mol. The Balaban J connectivity index is 1.08. The first kappa shape index (κ1) is 33.7. The Bertz CT molecular complexity index is 1830. The molecule has 5 aromatic rings. The van der Waals surface area contributed by atoms with Gasteiger partial charge in [-0.1, -0.05) is 18.2 Å². The molecule has 2 atom stereocenters. The molecule has 5 rings (SSSR count). The van der Waals surface area contributed by atoms with Crippen LogP contribution in [0.25, 0.3) is 0 Å². The lowest BCUT2D eigenvalue weighted by atomic mass is 10.2. The topological polar surface area (TPSA) is 104 Å². The molecule has 0 aromatic heterocycles. The summed E-state index contributed by atoms with van der Waals surface area (Å²) in [6.45, 7) is 0. The highest BCUT2D eigenvalue weighted by molar-refractivity contribution is 7.81. The van der Waals surface area contributed by atoms with Crippen molar-refractivity contribution in [3.05, 3.63) is 127 Å². The summed E-state index contributed by atoms with van der Waals surface area (Å²) in [5, 5.41) is 1.59. The van der Waals surface area contributed by atoms with E-state index in [1.165, 1.54) is 12.1 Å². The summed E-state index contributed by atoms with van der Waals surface area (Å²) in [6.07, 6.45) is -5.93. The molecule has 0 bridgehead atoms. The van der Waals surface area contributed by atoms with Gasteiger partial charge >= 0.3 is 29.2 Å². The highest BCUT2D eigenvalue weighted by Crippen LogP contribution is 2.37. The molecule has 9 nitrogen and oxygen atoms in total. The minimum atomic E-state index is -5.93. The fraction of sp³-hybridized carbons (Fsp3) is 0.0606. The first-order valence-electron chi connectivity index (χ1n) is 13.7. The van der Waals surface area contributed by atoms with Gasteiger partial charge in [-0.2, -0.15) is 21.8 Å². The Morgan fingerprint density at radius 2 is 0.917 bits per heavy atom. The predicted molar refractivity (Wildman–Crippen MR) is 166 cm³/mol. The Morgan fingerprint density at radius 3 is 1.33 bits per heavy atom. The molecular formula is C33H23F5N2O7S. The molecule has 248 valence electrons. The molecule has 0 aliphatic carbocycles. The third kappa shape index (κ3) is 8.77. The molecule has 2 N–H and O–H groups in total. The standard InChI is InChI=1S/C33H23F5N2O7S/c34-32(47-38,33(35,36)37)31(41)39-22-6-10-25(11-7-22)44-27-14-16-28(17-15-27)45-26-12-8-23(9-13-26)40-48(42)46-30-20-18-29(19-21-30)43-24-4-2-1-3-5-24/h1-21,40H,(H,39,41). The second-order valence-electron chi connectivity index (χ2n) is 9.66. The van der Waals surface area contributed by atoms with Gasteiger partial charge in [0.25, 0.3) is 0 Å². The van der Waals surface area contributed by atoms with Crippen molar-refractivity contribution in [1.29, 1.82) is 0 Å². The Kier molecular flexibility index (Phi) is 10.4. The van der Waals surface area contributed by atoms with Crippen LogP contribution in [-0.2, 0) is 21.0 Å². The van der Waals surface area contributed by atoms with Crippen molar-refractivity contribution < 1.29 is 54.4 Å². The molecule has 5 aromatic carbocycles. The van der Waals surface area contributed by atoms with Gasteiger partial charge in [0, 0.05) is 11.4 Å². The van der Waals surface area contributed by atoms with E-state index in [4.69, 9.17) is 18.4 Å². The molecule has 2 unspecified atom stereocenters. The van der Waals surface area contributed by atoms with Crippen LogP contribution < -0.4 is 28.4 Å². The zero-order valence-corrected chi connectivity index (χ0v) is 25.1. The maximum absolute atomic E-state index is 13.6. The molecule has 0 radical (unpaired) electrons. The van der Waals surface area contributed by atoms with E-state index < -0.39 is 29.2 Å². The fourth-order valence-electron chi connectivity index (χ4n) is 3.86. The monoisotopic (exact) mass is 686 g/mol. The van der Waals surface area contributed by atoms with Crippen LogP contribution in [-0.4, -0.2) is 22.1 Å².